The Balaban J connectivity index is 2.30. The third kappa shape index (κ3) is 2.52. The average molecular weight is 294 g/mol. The molecule has 0 amide bonds. The van der Waals surface area contributed by atoms with Crippen molar-refractivity contribution in [3.8, 4) is 6.07 Å². The Morgan fingerprint density at radius 3 is 2.41 bits per heavy atom. The van der Waals surface area contributed by atoms with Crippen LogP contribution < -0.4 is 5.32 Å². The van der Waals surface area contributed by atoms with Crippen LogP contribution in [0.15, 0.2) is 28.7 Å². The molecule has 1 aromatic carbocycles. The van der Waals surface area contributed by atoms with Crippen molar-refractivity contribution in [1.82, 2.24) is 10.2 Å². The summed E-state index contributed by atoms with van der Waals surface area (Å²) in [5, 5.41) is 12.8. The number of rotatable bonds is 2. The van der Waals surface area contributed by atoms with Crippen molar-refractivity contribution in [2.24, 2.45) is 0 Å². The van der Waals surface area contributed by atoms with Gasteiger partial charge in [-0.25, -0.2) is 0 Å². The Kier molecular flexibility index (Phi) is 3.82. The number of halogens is 1. The van der Waals surface area contributed by atoms with Crippen molar-refractivity contribution in [1.29, 1.82) is 5.26 Å². The highest BCUT2D eigenvalue weighted by Gasteiger charge is 2.34. The van der Waals surface area contributed by atoms with Crippen LogP contribution in [0, 0.1) is 11.3 Å². The molecule has 0 radical (unpaired) electrons. The van der Waals surface area contributed by atoms with E-state index in [9.17, 15) is 5.26 Å². The van der Waals surface area contributed by atoms with Crippen LogP contribution in [-0.2, 0) is 5.54 Å². The van der Waals surface area contributed by atoms with Crippen molar-refractivity contribution >= 4 is 15.9 Å². The number of nitrogens with one attached hydrogen (secondary N) is 1. The predicted octanol–water partition coefficient (Wildman–Crippen LogP) is 2.09. The largest absolute Gasteiger partial charge is 0.314 e. The van der Waals surface area contributed by atoms with E-state index in [4.69, 9.17) is 0 Å². The van der Waals surface area contributed by atoms with Gasteiger partial charge in [0.25, 0.3) is 0 Å². The normalized spacial score (nSPS) is 20.5. The fourth-order valence-electron chi connectivity index (χ4n) is 2.20. The van der Waals surface area contributed by atoms with E-state index in [-0.39, 0.29) is 0 Å². The van der Waals surface area contributed by atoms with Gasteiger partial charge >= 0.3 is 0 Å². The highest BCUT2D eigenvalue weighted by molar-refractivity contribution is 9.10. The molecule has 0 bridgehead atoms. The van der Waals surface area contributed by atoms with Gasteiger partial charge in [0.05, 0.1) is 6.07 Å². The minimum Gasteiger partial charge on any atom is -0.314 e. The molecule has 0 saturated carbocycles. The lowest BCUT2D eigenvalue weighted by Gasteiger charge is -2.39. The summed E-state index contributed by atoms with van der Waals surface area (Å²) in [6.07, 6.45) is 0. The van der Waals surface area contributed by atoms with Crippen molar-refractivity contribution in [2.75, 3.05) is 26.2 Å². The Labute approximate surface area is 111 Å². The second-order valence-electron chi connectivity index (χ2n) is 4.43. The minimum absolute atomic E-state index is 0.525. The molecule has 1 atom stereocenters. The Hall–Kier alpha value is -0.890. The third-order valence-corrected chi connectivity index (χ3v) is 3.90. The van der Waals surface area contributed by atoms with E-state index in [0.29, 0.717) is 0 Å². The first-order chi connectivity index (χ1) is 8.16. The highest BCUT2D eigenvalue weighted by Crippen LogP contribution is 2.28. The third-order valence-electron chi connectivity index (χ3n) is 3.37. The summed E-state index contributed by atoms with van der Waals surface area (Å²) in [5.41, 5.74) is 0.535. The maximum absolute atomic E-state index is 9.54. The van der Waals surface area contributed by atoms with Gasteiger partial charge in [0.15, 0.2) is 0 Å². The molecule has 1 saturated heterocycles. The molecule has 0 aliphatic carbocycles. The summed E-state index contributed by atoms with van der Waals surface area (Å²) < 4.78 is 1.04. The summed E-state index contributed by atoms with van der Waals surface area (Å²) in [6, 6.07) is 10.5. The standard InChI is InChI=1S/C13H16BrN3/c1-13(10-15,17-8-6-16-7-9-17)11-2-4-12(14)5-3-11/h2-5,16H,6-9H2,1H3. The summed E-state index contributed by atoms with van der Waals surface area (Å²) in [5.74, 6) is 0. The van der Waals surface area contributed by atoms with Gasteiger partial charge in [-0.2, -0.15) is 5.26 Å². The van der Waals surface area contributed by atoms with Crippen LogP contribution in [0.3, 0.4) is 0 Å². The molecule has 17 heavy (non-hydrogen) atoms. The molecule has 1 fully saturated rings. The molecule has 90 valence electrons. The average Bonchev–Trinajstić information content (AvgIpc) is 2.40. The van der Waals surface area contributed by atoms with Crippen LogP contribution in [0.2, 0.25) is 0 Å². The Morgan fingerprint density at radius 2 is 1.88 bits per heavy atom. The molecule has 0 spiro atoms. The lowest BCUT2D eigenvalue weighted by Crippen LogP contribution is -2.52. The monoisotopic (exact) mass is 293 g/mol. The number of hydrogen-bond acceptors (Lipinski definition) is 3. The minimum atomic E-state index is -0.525. The van der Waals surface area contributed by atoms with Gasteiger partial charge in [0, 0.05) is 30.7 Å². The van der Waals surface area contributed by atoms with Gasteiger partial charge in [-0.1, -0.05) is 28.1 Å². The first-order valence-electron chi connectivity index (χ1n) is 5.80. The smallest absolute Gasteiger partial charge is 0.132 e. The maximum atomic E-state index is 9.54. The lowest BCUT2D eigenvalue weighted by atomic mass is 9.91. The van der Waals surface area contributed by atoms with Crippen molar-refractivity contribution in [3.63, 3.8) is 0 Å². The number of benzene rings is 1. The second kappa shape index (κ2) is 5.18. The molecular formula is C13H16BrN3. The van der Waals surface area contributed by atoms with Crippen LogP contribution in [-0.4, -0.2) is 31.1 Å². The van der Waals surface area contributed by atoms with Gasteiger partial charge < -0.3 is 5.32 Å². The van der Waals surface area contributed by atoms with Gasteiger partial charge in [0.1, 0.15) is 5.54 Å². The number of nitrogens with zero attached hydrogens (tertiary/aromatic N) is 2. The summed E-state index contributed by atoms with van der Waals surface area (Å²) >= 11 is 3.42. The number of hydrogen-bond donors (Lipinski definition) is 1. The topological polar surface area (TPSA) is 39.1 Å². The molecule has 1 aliphatic heterocycles. The first kappa shape index (κ1) is 12.6. The van der Waals surface area contributed by atoms with Gasteiger partial charge in [0.2, 0.25) is 0 Å². The summed E-state index contributed by atoms with van der Waals surface area (Å²) in [7, 11) is 0. The Morgan fingerprint density at radius 1 is 1.29 bits per heavy atom. The SMILES string of the molecule is CC(C#N)(c1ccc(Br)cc1)N1CCNCC1. The zero-order valence-corrected chi connectivity index (χ0v) is 11.5. The molecule has 3 nitrogen and oxygen atoms in total. The maximum Gasteiger partial charge on any atom is 0.132 e. The van der Waals surface area contributed by atoms with E-state index in [1.165, 1.54) is 0 Å². The highest BCUT2D eigenvalue weighted by atomic mass is 79.9. The van der Waals surface area contributed by atoms with Crippen LogP contribution in [0.1, 0.15) is 12.5 Å². The number of piperazine rings is 1. The Bertz CT molecular complexity index is 417. The molecule has 2 rings (SSSR count). The van der Waals surface area contributed by atoms with Gasteiger partial charge in [-0.05, 0) is 24.6 Å². The van der Waals surface area contributed by atoms with E-state index >= 15 is 0 Å². The fraction of sp³-hybridized carbons (Fsp3) is 0.462. The molecule has 0 aromatic heterocycles. The molecule has 1 unspecified atom stereocenters. The van der Waals surface area contributed by atoms with Crippen molar-refractivity contribution in [2.45, 2.75) is 12.5 Å². The van der Waals surface area contributed by atoms with Crippen LogP contribution in [0.5, 0.6) is 0 Å². The zero-order valence-electron chi connectivity index (χ0n) is 9.91. The van der Waals surface area contributed by atoms with E-state index in [1.54, 1.807) is 0 Å². The van der Waals surface area contributed by atoms with Crippen LogP contribution in [0.4, 0.5) is 0 Å². The van der Waals surface area contributed by atoms with Gasteiger partial charge in [-0.15, -0.1) is 0 Å². The van der Waals surface area contributed by atoms with Gasteiger partial charge in [-0.3, -0.25) is 4.90 Å². The lowest BCUT2D eigenvalue weighted by molar-refractivity contribution is 0.132. The van der Waals surface area contributed by atoms with E-state index < -0.39 is 5.54 Å². The molecule has 4 heteroatoms. The molecule has 1 heterocycles. The number of nitriles is 1. The van der Waals surface area contributed by atoms with Crippen molar-refractivity contribution in [3.05, 3.63) is 34.3 Å². The van der Waals surface area contributed by atoms with E-state index in [2.05, 4.69) is 32.2 Å². The quantitative estimate of drug-likeness (QED) is 0.908. The van der Waals surface area contributed by atoms with E-state index in [0.717, 1.165) is 36.2 Å². The molecular weight excluding hydrogens is 278 g/mol. The summed E-state index contributed by atoms with van der Waals surface area (Å²) in [4.78, 5) is 2.24. The molecule has 1 N–H and O–H groups in total. The summed E-state index contributed by atoms with van der Waals surface area (Å²) in [6.45, 7) is 5.74. The fourth-order valence-corrected chi connectivity index (χ4v) is 2.47. The van der Waals surface area contributed by atoms with Crippen LogP contribution in [0.25, 0.3) is 0 Å². The first-order valence-corrected chi connectivity index (χ1v) is 6.59. The molecule has 1 aliphatic rings. The van der Waals surface area contributed by atoms with E-state index in [1.807, 2.05) is 31.2 Å². The van der Waals surface area contributed by atoms with Crippen LogP contribution >= 0.6 is 15.9 Å². The van der Waals surface area contributed by atoms with Crippen molar-refractivity contribution < 1.29 is 0 Å². The zero-order chi connectivity index (χ0) is 12.3. The second-order valence-corrected chi connectivity index (χ2v) is 5.34. The molecule has 1 aromatic rings. The predicted molar refractivity (Wildman–Crippen MR) is 71.5 cm³/mol.